The van der Waals surface area contributed by atoms with Crippen molar-refractivity contribution in [3.8, 4) is 11.5 Å². The largest absolute Gasteiger partial charge is 0.464 e. The minimum absolute atomic E-state index is 0.00139. The van der Waals surface area contributed by atoms with E-state index in [-0.39, 0.29) is 109 Å². The molecule has 0 N–H and O–H groups in total. The van der Waals surface area contributed by atoms with Gasteiger partial charge in [-0.15, -0.1) is 0 Å². The summed E-state index contributed by atoms with van der Waals surface area (Å²) >= 11 is 0. The van der Waals surface area contributed by atoms with Crippen LogP contribution in [0.3, 0.4) is 0 Å². The molecule has 1 aromatic carbocycles. The van der Waals surface area contributed by atoms with Crippen molar-refractivity contribution >= 4 is 83.6 Å². The van der Waals surface area contributed by atoms with E-state index in [1.54, 1.807) is 58.9 Å². The second-order valence-electron chi connectivity index (χ2n) is 25.8. The number of para-hydroxylation sites is 2. The Bertz CT molecular complexity index is 3700. The van der Waals surface area contributed by atoms with Crippen LogP contribution in [0.2, 0.25) is 0 Å². The van der Waals surface area contributed by atoms with Crippen LogP contribution in [0.1, 0.15) is 121 Å². The Morgan fingerprint density at radius 2 is 1.00 bits per heavy atom. The van der Waals surface area contributed by atoms with E-state index in [0.717, 1.165) is 26.9 Å². The normalized spacial score (nSPS) is 18.1. The Morgan fingerprint density at radius 3 is 1.42 bits per heavy atom. The summed E-state index contributed by atoms with van der Waals surface area (Å²) in [5.41, 5.74) is -0.159. The first kappa shape index (κ1) is 105. The lowest BCUT2D eigenvalue weighted by Gasteiger charge is -2.25. The first-order valence-corrected chi connectivity index (χ1v) is 34.5. The number of cyclic esters (lactones) is 2. The number of ether oxygens (including phenoxy) is 16. The second-order valence-corrected chi connectivity index (χ2v) is 25.8. The highest BCUT2D eigenvalue weighted by molar-refractivity contribution is 5.92. The smallest absolute Gasteiger partial charge is 0.434 e. The number of alkyl halides is 11. The molecule has 6 rings (SSSR count). The summed E-state index contributed by atoms with van der Waals surface area (Å²) in [7, 11) is 0.837. The number of fused-ring (bicyclic) bond motifs is 1. The van der Waals surface area contributed by atoms with Gasteiger partial charge < -0.3 is 75.8 Å². The highest BCUT2D eigenvalue weighted by Gasteiger charge is 2.63. The summed E-state index contributed by atoms with van der Waals surface area (Å²) in [6, 6.07) is 6.44. The fourth-order valence-electron chi connectivity index (χ4n) is 9.14. The van der Waals surface area contributed by atoms with Gasteiger partial charge in [0.2, 0.25) is 6.10 Å². The number of benzene rings is 1. The molecule has 5 aliphatic rings. The monoisotopic (exact) mass is 1680 g/mol. The van der Waals surface area contributed by atoms with Crippen LogP contribution in [-0.4, -0.2) is 210 Å². The predicted octanol–water partition coefficient (Wildman–Crippen LogP) is 10.6. The number of halogens is 11. The Balaban J connectivity index is 0.00000133. The van der Waals surface area contributed by atoms with Gasteiger partial charge in [0.05, 0.1) is 69.9 Å². The maximum Gasteiger partial charge on any atom is 0.434 e. The zero-order chi connectivity index (χ0) is 89.7. The molecule has 0 spiro atoms. The van der Waals surface area contributed by atoms with E-state index in [1.165, 1.54) is 34.6 Å². The first-order chi connectivity index (χ1) is 53.4. The summed E-state index contributed by atoms with van der Waals surface area (Å²) in [6.45, 7) is 38.9. The van der Waals surface area contributed by atoms with E-state index >= 15 is 0 Å². The lowest BCUT2D eigenvalue weighted by Crippen LogP contribution is -2.45. The zero-order valence-electron chi connectivity index (χ0n) is 65.5. The minimum atomic E-state index is -5.69. The number of hydrogen-bond donors (Lipinski definition) is 0. The molecule has 8 unspecified atom stereocenters. The van der Waals surface area contributed by atoms with Crippen LogP contribution < -0.4 is 9.47 Å². The second kappa shape index (κ2) is 49.1. The van der Waals surface area contributed by atoms with Crippen molar-refractivity contribution in [3.05, 3.63) is 109 Å². The van der Waals surface area contributed by atoms with E-state index in [9.17, 15) is 115 Å². The van der Waals surface area contributed by atoms with E-state index in [2.05, 4.69) is 74.5 Å². The fraction of sp³-hybridized carbons (Fsp3) is 0.547. The Kier molecular flexibility index (Phi) is 44.5. The highest BCUT2D eigenvalue weighted by atomic mass is 19.4. The Labute approximate surface area is 659 Å². The van der Waals surface area contributed by atoms with E-state index in [0.29, 0.717) is 50.1 Å². The average molecular weight is 1680 g/mol. The maximum absolute atomic E-state index is 13.3. The Hall–Kier alpha value is -10.9. The quantitative estimate of drug-likeness (QED) is 0.0236. The Morgan fingerprint density at radius 1 is 0.526 bits per heavy atom. The van der Waals surface area contributed by atoms with Crippen LogP contribution in [0.25, 0.3) is 0 Å². The number of methoxy groups -OCH3 is 1. The molecular formula is C75H93F11O30. The molecule has 3 saturated heterocycles. The van der Waals surface area contributed by atoms with Gasteiger partial charge in [-0.3, -0.25) is 14.4 Å². The van der Waals surface area contributed by atoms with Crippen molar-refractivity contribution in [1.29, 1.82) is 0 Å². The van der Waals surface area contributed by atoms with Gasteiger partial charge >= 0.3 is 108 Å². The molecule has 116 heavy (non-hydrogen) atoms. The zero-order valence-corrected chi connectivity index (χ0v) is 65.5. The summed E-state index contributed by atoms with van der Waals surface area (Å²) in [6.07, 6.45) is -20.9. The van der Waals surface area contributed by atoms with Gasteiger partial charge in [-0.05, 0) is 106 Å². The molecule has 2 bridgehead atoms. The number of carbonyl (C=O) groups excluding carboxylic acids is 14. The van der Waals surface area contributed by atoms with Crippen LogP contribution in [0.15, 0.2) is 109 Å². The van der Waals surface area contributed by atoms with Gasteiger partial charge in [-0.1, -0.05) is 65.1 Å². The molecule has 3 heterocycles. The van der Waals surface area contributed by atoms with E-state index in [1.807, 2.05) is 0 Å². The molecule has 8 atom stereocenters. The third-order valence-corrected chi connectivity index (χ3v) is 14.5. The first-order valence-electron chi connectivity index (χ1n) is 34.5. The van der Waals surface area contributed by atoms with E-state index < -0.39 is 145 Å². The highest BCUT2D eigenvalue weighted by Crippen LogP contribution is 2.55. The molecule has 650 valence electrons. The lowest BCUT2D eigenvalue weighted by molar-refractivity contribution is -0.312. The van der Waals surface area contributed by atoms with E-state index in [4.69, 9.17) is 47.4 Å². The molecule has 41 heteroatoms. The molecule has 0 radical (unpaired) electrons. The topological polar surface area (TPSA) is 387 Å². The number of rotatable bonds is 29. The van der Waals surface area contributed by atoms with Gasteiger partial charge in [0.1, 0.15) is 11.7 Å². The van der Waals surface area contributed by atoms with Crippen LogP contribution in [0, 0.1) is 17.8 Å². The predicted molar refractivity (Wildman–Crippen MR) is 376 cm³/mol. The molecule has 1 aromatic rings. The van der Waals surface area contributed by atoms with Gasteiger partial charge in [0, 0.05) is 60.0 Å². The summed E-state index contributed by atoms with van der Waals surface area (Å²) in [5, 5.41) is 0. The van der Waals surface area contributed by atoms with Crippen molar-refractivity contribution in [2.24, 2.45) is 17.8 Å². The summed E-state index contributed by atoms with van der Waals surface area (Å²) in [4.78, 5) is 155. The van der Waals surface area contributed by atoms with Crippen LogP contribution in [-0.2, 0) is 133 Å². The molecule has 0 amide bonds. The molecular weight excluding hydrogens is 1590 g/mol. The standard InChI is InChI=1S/C14H20O6.C14H18O5.C12H12O4.C10H14F2O4.C10H14O5.C8H9F3O4.C7H6F6O2/c1-9(5-6-11(15)20-14(2,3)4)12(16)19-10-7-8-18-13(10)17;1-3-17-13(15)7(2)6-18-11-8-4-9-10(5-8)14(16)19-12(9)11;1-8(2)12(14)16-11-7-5-4-6-10(11)15-9(3)13;1-5-7(16-8(13)6(2)3)10(11,12)9(14)15-4;1-3-13-9(11)7(2)6-15-8-4-5-14-10(8)12;1-5(2)7(13)14-3-6(12)15-4-8(9,10)11;1-3(2)4(14)15-5(6(8,9)10)7(11,12)13/h10H,1,5-8H2,2-4H3;8-12H,2-6H2,1H3;4-7H,1H2,2-3H3;7H,2,5H2,1,3-4H3;8H,2-6H2,1H3;1,3-4H2,2H3;5H,1H2,2H3. The number of hydrogen-bond acceptors (Lipinski definition) is 30. The number of carbonyl (C=O) groups is 14. The summed E-state index contributed by atoms with van der Waals surface area (Å²) < 4.78 is 207. The average Bonchev–Trinajstić information content (AvgIpc) is 1.57. The minimum Gasteiger partial charge on any atom is -0.464 e. The molecule has 30 nitrogen and oxygen atoms in total. The molecule has 0 aromatic heterocycles. The van der Waals surface area contributed by atoms with Crippen LogP contribution in [0.4, 0.5) is 48.3 Å². The van der Waals surface area contributed by atoms with Crippen molar-refractivity contribution < 1.29 is 191 Å². The van der Waals surface area contributed by atoms with Gasteiger partial charge in [-0.25, -0.2) is 52.7 Å². The third kappa shape index (κ3) is 39.4. The molecule has 5 fully saturated rings. The molecule has 2 saturated carbocycles. The molecule has 2 aliphatic carbocycles. The van der Waals surface area contributed by atoms with Gasteiger partial charge in [0.25, 0.3) is 6.10 Å². The maximum atomic E-state index is 13.3. The summed E-state index contributed by atoms with van der Waals surface area (Å²) in [5.74, 6) is -13.3. The van der Waals surface area contributed by atoms with Gasteiger partial charge in [0.15, 0.2) is 36.9 Å². The molecule has 3 aliphatic heterocycles. The van der Waals surface area contributed by atoms with Crippen molar-refractivity contribution in [1.82, 2.24) is 0 Å². The fourth-order valence-corrected chi connectivity index (χ4v) is 9.14. The number of esters is 14. The SMILES string of the molecule is C=C(C)C(=O)OC(C(F)(F)F)C(F)(F)F.C=C(C)C(=O)OC(CC)C(F)(F)C(=O)OC.C=C(C)C(=O)OCC(=O)OCC(F)(F)F.C=C(C)C(=O)Oc1ccccc1OC(C)=O.C=C(CCC(=O)OC(C)(C)C)C(=O)OC1CCOC1=O.C=C(COC1C2CC3C(=O)OC1C3C2)C(=O)OCC.C=C(COC1CCOC1=O)C(=O)OCC. The van der Waals surface area contributed by atoms with Crippen LogP contribution in [0.5, 0.6) is 11.5 Å². The van der Waals surface area contributed by atoms with Gasteiger partial charge in [-0.2, -0.15) is 48.3 Å². The lowest BCUT2D eigenvalue weighted by atomic mass is 9.88. The van der Waals surface area contributed by atoms with Crippen molar-refractivity contribution in [2.75, 3.05) is 60.0 Å². The van der Waals surface area contributed by atoms with Crippen molar-refractivity contribution in [2.45, 2.75) is 188 Å². The third-order valence-electron chi connectivity index (χ3n) is 14.5. The van der Waals surface area contributed by atoms with Crippen LogP contribution >= 0.6 is 0 Å². The van der Waals surface area contributed by atoms with Crippen molar-refractivity contribution in [3.63, 3.8) is 0 Å².